The minimum absolute atomic E-state index is 0.107. The molecule has 2 aromatic carbocycles. The van der Waals surface area contributed by atoms with Crippen LogP contribution < -0.4 is 19.7 Å². The lowest BCUT2D eigenvalue weighted by molar-refractivity contribution is -0.384. The van der Waals surface area contributed by atoms with Crippen LogP contribution in [0.2, 0.25) is 0 Å². The van der Waals surface area contributed by atoms with Crippen LogP contribution in [0.1, 0.15) is 11.1 Å². The lowest BCUT2D eigenvalue weighted by atomic mass is 10.1. The van der Waals surface area contributed by atoms with Gasteiger partial charge in [0.25, 0.3) is 11.6 Å². The molecule has 0 saturated carbocycles. The van der Waals surface area contributed by atoms with Gasteiger partial charge in [-0.25, -0.2) is 0 Å². The summed E-state index contributed by atoms with van der Waals surface area (Å²) in [4.78, 5) is 24.8. The van der Waals surface area contributed by atoms with Gasteiger partial charge in [-0.05, 0) is 41.8 Å². The average molecular weight is 424 g/mol. The summed E-state index contributed by atoms with van der Waals surface area (Å²) in [6.45, 7) is 0.299. The van der Waals surface area contributed by atoms with Gasteiger partial charge in [0.2, 0.25) is 0 Å². The maximum atomic E-state index is 12.4. The number of nitriles is 1. The Bertz CT molecular complexity index is 1040. The molecule has 0 heterocycles. The number of anilines is 1. The third kappa shape index (κ3) is 5.96. The normalized spacial score (nSPS) is 10.7. The first-order valence-electron chi connectivity index (χ1n) is 9.37. The topological polar surface area (TPSA) is 118 Å². The van der Waals surface area contributed by atoms with Crippen LogP contribution in [0.5, 0.6) is 11.5 Å². The maximum Gasteiger partial charge on any atom is 0.293 e. The van der Waals surface area contributed by atoms with E-state index < -0.39 is 10.8 Å². The molecule has 0 aliphatic rings. The quantitative estimate of drug-likeness (QED) is 0.285. The van der Waals surface area contributed by atoms with Crippen LogP contribution >= 0.6 is 0 Å². The number of methoxy groups -OCH3 is 2. The van der Waals surface area contributed by atoms with E-state index in [0.29, 0.717) is 35.7 Å². The number of nitro groups is 1. The zero-order valence-corrected chi connectivity index (χ0v) is 17.8. The summed E-state index contributed by atoms with van der Waals surface area (Å²) in [6.07, 6.45) is 1.85. The predicted molar refractivity (Wildman–Crippen MR) is 117 cm³/mol. The standard InChI is InChI=1S/C22H24N4O5/c1-25(2)18-7-5-16(12-19(18)26(28)29)11-17(14-23)22(27)24-10-9-15-6-8-20(30-3)21(13-15)31-4/h5-8,11-13H,9-10H2,1-4H3,(H,24,27)/b17-11+. The third-order valence-corrected chi connectivity index (χ3v) is 4.50. The number of hydrogen-bond donors (Lipinski definition) is 1. The van der Waals surface area contributed by atoms with Gasteiger partial charge in [-0.2, -0.15) is 5.26 Å². The second kappa shape index (κ2) is 10.6. The van der Waals surface area contributed by atoms with Crippen LogP contribution in [0.4, 0.5) is 11.4 Å². The van der Waals surface area contributed by atoms with Gasteiger partial charge in [-0.3, -0.25) is 14.9 Å². The van der Waals surface area contributed by atoms with E-state index in [4.69, 9.17) is 9.47 Å². The number of hydrogen-bond acceptors (Lipinski definition) is 7. The summed E-state index contributed by atoms with van der Waals surface area (Å²) in [6, 6.07) is 11.8. The molecule has 1 N–H and O–H groups in total. The van der Waals surface area contributed by atoms with Gasteiger partial charge in [-0.1, -0.05) is 12.1 Å². The Morgan fingerprint density at radius 2 is 1.90 bits per heavy atom. The number of nitrogens with zero attached hydrogens (tertiary/aromatic N) is 3. The number of carbonyl (C=O) groups excluding carboxylic acids is 1. The molecule has 2 aromatic rings. The Kier molecular flexibility index (Phi) is 7.97. The second-order valence-corrected chi connectivity index (χ2v) is 6.76. The highest BCUT2D eigenvalue weighted by Gasteiger charge is 2.17. The summed E-state index contributed by atoms with van der Waals surface area (Å²) in [5.41, 5.74) is 1.50. The largest absolute Gasteiger partial charge is 0.493 e. The zero-order chi connectivity index (χ0) is 23.0. The summed E-state index contributed by atoms with van der Waals surface area (Å²) < 4.78 is 10.5. The molecular weight excluding hydrogens is 400 g/mol. The molecule has 0 saturated heterocycles. The smallest absolute Gasteiger partial charge is 0.293 e. The van der Waals surface area contributed by atoms with Gasteiger partial charge in [0.1, 0.15) is 17.3 Å². The number of amides is 1. The Labute approximate surface area is 180 Å². The molecule has 9 nitrogen and oxygen atoms in total. The van der Waals surface area contributed by atoms with E-state index in [-0.39, 0.29) is 11.3 Å². The molecule has 0 aliphatic heterocycles. The van der Waals surface area contributed by atoms with E-state index >= 15 is 0 Å². The second-order valence-electron chi connectivity index (χ2n) is 6.76. The first-order valence-corrected chi connectivity index (χ1v) is 9.37. The Hall–Kier alpha value is -4.06. The van der Waals surface area contributed by atoms with Crippen LogP contribution in [0, 0.1) is 21.4 Å². The number of nitro benzene ring substituents is 1. The monoisotopic (exact) mass is 424 g/mol. The van der Waals surface area contributed by atoms with Gasteiger partial charge in [0.05, 0.1) is 19.1 Å². The minimum Gasteiger partial charge on any atom is -0.493 e. The number of rotatable bonds is 9. The highest BCUT2D eigenvalue weighted by molar-refractivity contribution is 6.01. The van der Waals surface area contributed by atoms with Gasteiger partial charge in [0, 0.05) is 26.7 Å². The molecule has 0 bridgehead atoms. The summed E-state index contributed by atoms with van der Waals surface area (Å²) in [5, 5.41) is 23.4. The maximum absolute atomic E-state index is 12.4. The van der Waals surface area contributed by atoms with Gasteiger partial charge in [0.15, 0.2) is 11.5 Å². The number of benzene rings is 2. The Morgan fingerprint density at radius 1 is 1.19 bits per heavy atom. The zero-order valence-electron chi connectivity index (χ0n) is 17.8. The van der Waals surface area contributed by atoms with E-state index in [1.54, 1.807) is 51.4 Å². The third-order valence-electron chi connectivity index (χ3n) is 4.50. The van der Waals surface area contributed by atoms with Crippen molar-refractivity contribution in [3.05, 3.63) is 63.2 Å². The van der Waals surface area contributed by atoms with Crippen molar-refractivity contribution in [3.63, 3.8) is 0 Å². The van der Waals surface area contributed by atoms with Crippen LogP contribution in [-0.2, 0) is 11.2 Å². The minimum atomic E-state index is -0.553. The first-order chi connectivity index (χ1) is 14.8. The van der Waals surface area contributed by atoms with Gasteiger partial charge >= 0.3 is 0 Å². The van der Waals surface area contributed by atoms with Crippen LogP contribution in [0.3, 0.4) is 0 Å². The van der Waals surface area contributed by atoms with Crippen LogP contribution in [0.25, 0.3) is 6.08 Å². The SMILES string of the molecule is COc1ccc(CCNC(=O)/C(C#N)=C/c2ccc(N(C)C)c([N+](=O)[O-])c2)cc1OC. The molecule has 0 atom stereocenters. The Morgan fingerprint density at radius 3 is 2.48 bits per heavy atom. The molecule has 0 fully saturated rings. The molecular formula is C22H24N4O5. The fourth-order valence-electron chi connectivity index (χ4n) is 2.92. The summed E-state index contributed by atoms with van der Waals surface area (Å²) >= 11 is 0. The molecule has 1 amide bonds. The summed E-state index contributed by atoms with van der Waals surface area (Å²) in [5.74, 6) is 0.647. The highest BCUT2D eigenvalue weighted by Crippen LogP contribution is 2.29. The van der Waals surface area contributed by atoms with Crippen molar-refractivity contribution in [1.82, 2.24) is 5.32 Å². The number of nitrogens with one attached hydrogen (secondary N) is 1. The molecule has 0 radical (unpaired) electrons. The van der Waals surface area contributed by atoms with Crippen molar-refractivity contribution in [3.8, 4) is 17.6 Å². The number of carbonyl (C=O) groups is 1. The van der Waals surface area contributed by atoms with Crippen molar-refractivity contribution in [2.24, 2.45) is 0 Å². The molecule has 0 aromatic heterocycles. The Balaban J connectivity index is 2.10. The fourth-order valence-corrected chi connectivity index (χ4v) is 2.92. The van der Waals surface area contributed by atoms with Crippen molar-refractivity contribution >= 4 is 23.4 Å². The van der Waals surface area contributed by atoms with Crippen molar-refractivity contribution in [2.45, 2.75) is 6.42 Å². The molecule has 0 aliphatic carbocycles. The predicted octanol–water partition coefficient (Wildman–Crippen LogP) is 2.94. The van der Waals surface area contributed by atoms with Crippen LogP contribution in [-0.4, -0.2) is 45.7 Å². The number of ether oxygens (including phenoxy) is 2. The fraction of sp³-hybridized carbons (Fsp3) is 0.273. The van der Waals surface area contributed by atoms with Crippen molar-refractivity contribution in [2.75, 3.05) is 39.8 Å². The van der Waals surface area contributed by atoms with Gasteiger partial charge < -0.3 is 19.7 Å². The van der Waals surface area contributed by atoms with Crippen molar-refractivity contribution < 1.29 is 19.2 Å². The first kappa shape index (κ1) is 23.2. The molecule has 9 heteroatoms. The molecule has 162 valence electrons. The van der Waals surface area contributed by atoms with Crippen molar-refractivity contribution in [1.29, 1.82) is 5.26 Å². The van der Waals surface area contributed by atoms with Crippen LogP contribution in [0.15, 0.2) is 42.0 Å². The molecule has 31 heavy (non-hydrogen) atoms. The van der Waals surface area contributed by atoms with E-state index in [0.717, 1.165) is 5.56 Å². The van der Waals surface area contributed by atoms with E-state index in [1.165, 1.54) is 12.1 Å². The average Bonchev–Trinajstić information content (AvgIpc) is 2.76. The molecule has 0 spiro atoms. The lowest BCUT2D eigenvalue weighted by Crippen LogP contribution is -2.26. The van der Waals surface area contributed by atoms with Gasteiger partial charge in [-0.15, -0.1) is 0 Å². The van der Waals surface area contributed by atoms with E-state index in [2.05, 4.69) is 5.32 Å². The summed E-state index contributed by atoms with van der Waals surface area (Å²) in [7, 11) is 6.49. The van der Waals surface area contributed by atoms with E-state index in [1.807, 2.05) is 18.2 Å². The molecule has 0 unspecified atom stereocenters. The highest BCUT2D eigenvalue weighted by atomic mass is 16.6. The van der Waals surface area contributed by atoms with E-state index in [9.17, 15) is 20.2 Å². The lowest BCUT2D eigenvalue weighted by Gasteiger charge is -2.12. The molecule has 2 rings (SSSR count).